The highest BCUT2D eigenvalue weighted by molar-refractivity contribution is 5.82. The molecule has 0 bridgehead atoms. The molecule has 1 saturated carbocycles. The Balaban J connectivity index is 1.77. The maximum absolute atomic E-state index is 13.4. The number of ether oxygens (including phenoxy) is 1. The van der Waals surface area contributed by atoms with E-state index in [9.17, 15) is 4.79 Å². The molecule has 5 heteroatoms. The van der Waals surface area contributed by atoms with Crippen molar-refractivity contribution in [2.45, 2.75) is 83.0 Å². The van der Waals surface area contributed by atoms with Gasteiger partial charge >= 0.3 is 0 Å². The summed E-state index contributed by atoms with van der Waals surface area (Å²) in [7, 11) is 1.69. The van der Waals surface area contributed by atoms with Crippen molar-refractivity contribution in [3.05, 3.63) is 29.8 Å². The summed E-state index contributed by atoms with van der Waals surface area (Å²) >= 11 is 0. The predicted octanol–water partition coefficient (Wildman–Crippen LogP) is 3.39. The number of hydrogen-bond acceptors (Lipinski definition) is 4. The number of amides is 1. The lowest BCUT2D eigenvalue weighted by Crippen LogP contribution is -2.49. The summed E-state index contributed by atoms with van der Waals surface area (Å²) in [6, 6.07) is 8.72. The minimum absolute atomic E-state index is 0.117. The molecule has 1 heterocycles. The number of methoxy groups -OCH3 is 1. The summed E-state index contributed by atoms with van der Waals surface area (Å²) in [6.45, 7) is 2.82. The van der Waals surface area contributed by atoms with Gasteiger partial charge in [0.25, 0.3) is 0 Å². The third-order valence-electron chi connectivity index (χ3n) is 5.81. The van der Waals surface area contributed by atoms with E-state index in [1.165, 1.54) is 25.7 Å². The van der Waals surface area contributed by atoms with Crippen molar-refractivity contribution in [3.63, 3.8) is 0 Å². The van der Waals surface area contributed by atoms with Crippen LogP contribution in [0.1, 0.15) is 63.9 Å². The number of hydrazine groups is 1. The summed E-state index contributed by atoms with van der Waals surface area (Å²) < 4.78 is 5.36. The fourth-order valence-electron chi connectivity index (χ4n) is 4.18. The van der Waals surface area contributed by atoms with Crippen molar-refractivity contribution in [2.24, 2.45) is 0 Å². The smallest absolute Gasteiger partial charge is 0.241 e. The van der Waals surface area contributed by atoms with Crippen LogP contribution < -0.4 is 15.6 Å². The monoisotopic (exact) mass is 359 g/mol. The molecule has 1 aliphatic carbocycles. The average Bonchev–Trinajstić information content (AvgIpc) is 3.00. The zero-order valence-electron chi connectivity index (χ0n) is 16.2. The van der Waals surface area contributed by atoms with Crippen LogP contribution in [0.15, 0.2) is 24.3 Å². The van der Waals surface area contributed by atoms with Crippen molar-refractivity contribution >= 4 is 5.91 Å². The van der Waals surface area contributed by atoms with Crippen LogP contribution in [0.4, 0.5) is 0 Å². The molecule has 1 aliphatic heterocycles. The van der Waals surface area contributed by atoms with E-state index < -0.39 is 0 Å². The van der Waals surface area contributed by atoms with Gasteiger partial charge in [-0.25, -0.2) is 5.43 Å². The number of rotatable bonds is 6. The largest absolute Gasteiger partial charge is 0.497 e. The first-order valence-electron chi connectivity index (χ1n) is 10.2. The first-order valence-corrected chi connectivity index (χ1v) is 10.2. The highest BCUT2D eigenvalue weighted by Gasteiger charge is 2.34. The average molecular weight is 360 g/mol. The van der Waals surface area contributed by atoms with E-state index in [0.29, 0.717) is 18.6 Å². The quantitative estimate of drug-likeness (QED) is 0.765. The molecule has 0 aromatic heterocycles. The molecule has 2 fully saturated rings. The van der Waals surface area contributed by atoms with E-state index in [0.717, 1.165) is 37.0 Å². The van der Waals surface area contributed by atoms with E-state index >= 15 is 0 Å². The van der Waals surface area contributed by atoms with Gasteiger partial charge in [0.15, 0.2) is 0 Å². The standard InChI is InChI=1S/C21H33N3O2/c1-3-17-14-20(23-22-17)21(25)24(18-10-6-4-5-7-11-18)15-16-9-8-12-19(13-16)26-2/h8-9,12-13,17-18,20,22-23H,3-7,10-11,14-15H2,1-2H3. The van der Waals surface area contributed by atoms with Gasteiger partial charge in [-0.1, -0.05) is 44.7 Å². The number of nitrogens with zero attached hydrogens (tertiary/aromatic N) is 1. The van der Waals surface area contributed by atoms with Crippen LogP contribution in [0.25, 0.3) is 0 Å². The predicted molar refractivity (Wildman–Crippen MR) is 104 cm³/mol. The van der Waals surface area contributed by atoms with Gasteiger partial charge in [0.1, 0.15) is 11.8 Å². The Morgan fingerprint density at radius 1 is 1.19 bits per heavy atom. The van der Waals surface area contributed by atoms with Gasteiger partial charge in [-0.15, -0.1) is 0 Å². The van der Waals surface area contributed by atoms with E-state index in [-0.39, 0.29) is 11.9 Å². The fourth-order valence-corrected chi connectivity index (χ4v) is 4.18. The Morgan fingerprint density at radius 3 is 2.62 bits per heavy atom. The van der Waals surface area contributed by atoms with Crippen LogP contribution in [-0.4, -0.2) is 36.0 Å². The second-order valence-electron chi connectivity index (χ2n) is 7.65. The molecule has 1 aromatic rings. The minimum Gasteiger partial charge on any atom is -0.497 e. The van der Waals surface area contributed by atoms with E-state index in [4.69, 9.17) is 4.74 Å². The summed E-state index contributed by atoms with van der Waals surface area (Å²) in [4.78, 5) is 15.5. The molecule has 2 atom stereocenters. The van der Waals surface area contributed by atoms with Gasteiger partial charge in [-0.3, -0.25) is 10.2 Å². The fraction of sp³-hybridized carbons (Fsp3) is 0.667. The second kappa shape index (κ2) is 9.38. The van der Waals surface area contributed by atoms with Crippen LogP contribution in [0.5, 0.6) is 5.75 Å². The molecule has 0 radical (unpaired) electrons. The first-order chi connectivity index (χ1) is 12.7. The highest BCUT2D eigenvalue weighted by atomic mass is 16.5. The molecule has 3 rings (SSSR count). The lowest BCUT2D eigenvalue weighted by Gasteiger charge is -2.33. The van der Waals surface area contributed by atoms with E-state index in [1.807, 2.05) is 18.2 Å². The number of hydrogen-bond donors (Lipinski definition) is 2. The second-order valence-corrected chi connectivity index (χ2v) is 7.65. The molecule has 144 valence electrons. The van der Waals surface area contributed by atoms with Crippen LogP contribution in [-0.2, 0) is 11.3 Å². The Morgan fingerprint density at radius 2 is 1.96 bits per heavy atom. The number of carbonyl (C=O) groups is 1. The van der Waals surface area contributed by atoms with Crippen molar-refractivity contribution in [3.8, 4) is 5.75 Å². The summed E-state index contributed by atoms with van der Waals surface area (Å²) in [5.74, 6) is 1.09. The van der Waals surface area contributed by atoms with Crippen molar-refractivity contribution in [1.29, 1.82) is 0 Å². The Hall–Kier alpha value is -1.59. The van der Waals surface area contributed by atoms with Gasteiger partial charge in [0, 0.05) is 18.6 Å². The molecule has 2 aliphatic rings. The van der Waals surface area contributed by atoms with Crippen LogP contribution >= 0.6 is 0 Å². The third kappa shape index (κ3) is 4.77. The van der Waals surface area contributed by atoms with Gasteiger partial charge < -0.3 is 9.64 Å². The highest BCUT2D eigenvalue weighted by Crippen LogP contribution is 2.26. The molecular formula is C21H33N3O2. The van der Waals surface area contributed by atoms with E-state index in [1.54, 1.807) is 7.11 Å². The Kier molecular flexibility index (Phi) is 6.92. The number of carbonyl (C=O) groups excluding carboxylic acids is 1. The molecule has 1 saturated heterocycles. The van der Waals surface area contributed by atoms with Gasteiger partial charge in [-0.2, -0.15) is 0 Å². The van der Waals surface area contributed by atoms with Crippen LogP contribution in [0.2, 0.25) is 0 Å². The van der Waals surface area contributed by atoms with Gasteiger partial charge in [-0.05, 0) is 43.4 Å². The summed E-state index contributed by atoms with van der Waals surface area (Å²) in [5, 5.41) is 0. The maximum Gasteiger partial charge on any atom is 0.241 e. The minimum atomic E-state index is -0.117. The summed E-state index contributed by atoms with van der Waals surface area (Å²) in [6.07, 6.45) is 9.17. The lowest BCUT2D eigenvalue weighted by molar-refractivity contribution is -0.136. The van der Waals surface area contributed by atoms with Crippen molar-refractivity contribution < 1.29 is 9.53 Å². The molecule has 1 aromatic carbocycles. The van der Waals surface area contributed by atoms with Gasteiger partial charge in [0.05, 0.1) is 7.11 Å². The molecule has 5 nitrogen and oxygen atoms in total. The zero-order chi connectivity index (χ0) is 18.4. The SMILES string of the molecule is CCC1CC(C(=O)N(Cc2cccc(OC)c2)C2CCCCCC2)NN1. The van der Waals surface area contributed by atoms with Crippen LogP contribution in [0.3, 0.4) is 0 Å². The molecule has 26 heavy (non-hydrogen) atoms. The maximum atomic E-state index is 13.4. The summed E-state index contributed by atoms with van der Waals surface area (Å²) in [5.41, 5.74) is 7.65. The Labute approximate surface area is 157 Å². The topological polar surface area (TPSA) is 53.6 Å². The molecular weight excluding hydrogens is 326 g/mol. The Bertz CT molecular complexity index is 584. The molecule has 2 N–H and O–H groups in total. The van der Waals surface area contributed by atoms with Crippen LogP contribution in [0, 0.1) is 0 Å². The number of nitrogens with one attached hydrogen (secondary N) is 2. The normalized spacial score (nSPS) is 24.2. The molecule has 2 unspecified atom stereocenters. The lowest BCUT2D eigenvalue weighted by atomic mass is 10.0. The molecule has 0 spiro atoms. The zero-order valence-corrected chi connectivity index (χ0v) is 16.2. The third-order valence-corrected chi connectivity index (χ3v) is 5.81. The molecule has 1 amide bonds. The number of benzene rings is 1. The van der Waals surface area contributed by atoms with Gasteiger partial charge in [0.2, 0.25) is 5.91 Å². The first kappa shape index (κ1) is 19.2. The van der Waals surface area contributed by atoms with Crippen molar-refractivity contribution in [1.82, 2.24) is 15.8 Å². The van der Waals surface area contributed by atoms with E-state index in [2.05, 4.69) is 28.7 Å². The van der Waals surface area contributed by atoms with Crippen molar-refractivity contribution in [2.75, 3.05) is 7.11 Å².